The fraction of sp³-hybridized carbons (Fsp3) is 0.600. The zero-order chi connectivity index (χ0) is 17.0. The lowest BCUT2D eigenvalue weighted by Gasteiger charge is -2.37. The van der Waals surface area contributed by atoms with Crippen molar-refractivity contribution in [3.05, 3.63) is 34.2 Å². The Kier molecular flexibility index (Phi) is 3.95. The summed E-state index contributed by atoms with van der Waals surface area (Å²) in [6, 6.07) is 0. The van der Waals surface area contributed by atoms with E-state index in [2.05, 4.69) is 36.7 Å². The zero-order valence-electron chi connectivity index (χ0n) is 15.1. The average molecular weight is 344 g/mol. The minimum Gasteiger partial charge on any atom is -0.321 e. The average Bonchev–Trinajstić information content (AvgIpc) is 2.81. The van der Waals surface area contributed by atoms with E-state index in [0.717, 1.165) is 30.3 Å². The van der Waals surface area contributed by atoms with Crippen LogP contribution < -0.4 is 0 Å². The number of allylic oxidation sites excluding steroid dienone is 4. The normalized spacial score (nSPS) is 33.1. The van der Waals surface area contributed by atoms with Gasteiger partial charge >= 0.3 is 0 Å². The van der Waals surface area contributed by atoms with Crippen LogP contribution in [0.1, 0.15) is 59.8 Å². The predicted molar refractivity (Wildman–Crippen MR) is 101 cm³/mol. The third-order valence-electron chi connectivity index (χ3n) is 5.73. The SMILES string of the molecule is CC1=CC(C)CC(C)=C1N1C2=C(CCCC2)C2C(Cl)=NC(C)=NC21. The molecule has 3 atom stereocenters. The molecule has 4 heteroatoms. The molecule has 0 N–H and O–H groups in total. The number of aliphatic imine (C=N–C) groups is 2. The van der Waals surface area contributed by atoms with Gasteiger partial charge in [-0.25, -0.2) is 9.98 Å². The number of hydrogen-bond acceptors (Lipinski definition) is 3. The second-order valence-electron chi connectivity index (χ2n) is 7.71. The Balaban J connectivity index is 1.85. The summed E-state index contributed by atoms with van der Waals surface area (Å²) >= 11 is 6.61. The number of rotatable bonds is 1. The molecule has 4 rings (SSSR count). The molecular formula is C20H26ClN3. The molecule has 0 bridgehead atoms. The van der Waals surface area contributed by atoms with Gasteiger partial charge in [0.05, 0.1) is 5.92 Å². The van der Waals surface area contributed by atoms with Crippen LogP contribution in [0.2, 0.25) is 0 Å². The molecule has 0 spiro atoms. The van der Waals surface area contributed by atoms with Gasteiger partial charge in [-0.15, -0.1) is 0 Å². The number of amidine groups is 1. The molecule has 2 heterocycles. The van der Waals surface area contributed by atoms with Gasteiger partial charge in [0.15, 0.2) is 0 Å². The molecule has 0 aromatic rings. The van der Waals surface area contributed by atoms with Crippen LogP contribution in [0.4, 0.5) is 0 Å². The Morgan fingerprint density at radius 1 is 1.17 bits per heavy atom. The number of fused-ring (bicyclic) bond motifs is 2. The van der Waals surface area contributed by atoms with Gasteiger partial charge in [0.2, 0.25) is 0 Å². The first-order valence-electron chi connectivity index (χ1n) is 9.15. The molecule has 2 aliphatic heterocycles. The number of hydrogen-bond donors (Lipinski definition) is 0. The van der Waals surface area contributed by atoms with E-state index in [1.807, 2.05) is 6.92 Å². The van der Waals surface area contributed by atoms with Gasteiger partial charge in [-0.05, 0) is 75.5 Å². The van der Waals surface area contributed by atoms with Gasteiger partial charge in [-0.1, -0.05) is 24.6 Å². The monoisotopic (exact) mass is 343 g/mol. The minimum absolute atomic E-state index is 0.0693. The molecule has 4 aliphatic rings. The second-order valence-corrected chi connectivity index (χ2v) is 8.10. The topological polar surface area (TPSA) is 28.0 Å². The number of nitrogens with zero attached hydrogens (tertiary/aromatic N) is 3. The Labute approximate surface area is 149 Å². The first-order chi connectivity index (χ1) is 11.5. The molecular weight excluding hydrogens is 318 g/mol. The standard InChI is InChI=1S/C20H26ClN3/c1-11-9-12(2)18(13(3)10-11)24-16-8-6-5-7-15(16)17-19(21)22-14(4)23-20(17)24/h9,11,17,20H,5-8,10H2,1-4H3. The van der Waals surface area contributed by atoms with Crippen molar-refractivity contribution in [3.8, 4) is 0 Å². The molecule has 0 saturated heterocycles. The first-order valence-corrected chi connectivity index (χ1v) is 9.53. The van der Waals surface area contributed by atoms with Crippen LogP contribution in [0.3, 0.4) is 0 Å². The van der Waals surface area contributed by atoms with Crippen LogP contribution in [-0.2, 0) is 0 Å². The van der Waals surface area contributed by atoms with E-state index >= 15 is 0 Å². The summed E-state index contributed by atoms with van der Waals surface area (Å²) in [4.78, 5) is 11.9. The van der Waals surface area contributed by atoms with Crippen LogP contribution >= 0.6 is 11.6 Å². The van der Waals surface area contributed by atoms with Crippen molar-refractivity contribution in [2.75, 3.05) is 0 Å². The van der Waals surface area contributed by atoms with Crippen molar-refractivity contribution in [1.82, 2.24) is 4.90 Å². The van der Waals surface area contributed by atoms with Gasteiger partial charge in [0.1, 0.15) is 17.2 Å². The van der Waals surface area contributed by atoms with Crippen molar-refractivity contribution in [1.29, 1.82) is 0 Å². The van der Waals surface area contributed by atoms with Crippen LogP contribution in [-0.4, -0.2) is 22.1 Å². The fourth-order valence-electron chi connectivity index (χ4n) is 5.00. The van der Waals surface area contributed by atoms with Crippen molar-refractivity contribution in [2.24, 2.45) is 21.8 Å². The van der Waals surface area contributed by atoms with Crippen molar-refractivity contribution in [2.45, 2.75) is 66.0 Å². The van der Waals surface area contributed by atoms with Crippen LogP contribution in [0.15, 0.2) is 44.2 Å². The maximum Gasteiger partial charge on any atom is 0.140 e. The molecule has 0 aromatic heterocycles. The smallest absolute Gasteiger partial charge is 0.140 e. The maximum absolute atomic E-state index is 6.61. The lowest BCUT2D eigenvalue weighted by Crippen LogP contribution is -2.38. The highest BCUT2D eigenvalue weighted by Crippen LogP contribution is 2.49. The number of halogens is 1. The molecule has 0 fully saturated rings. The van der Waals surface area contributed by atoms with E-state index in [1.54, 1.807) is 0 Å². The summed E-state index contributed by atoms with van der Waals surface area (Å²) in [6.45, 7) is 8.79. The quantitative estimate of drug-likeness (QED) is 0.626. The summed E-state index contributed by atoms with van der Waals surface area (Å²) in [7, 11) is 0. The van der Waals surface area contributed by atoms with E-state index in [4.69, 9.17) is 16.6 Å². The summed E-state index contributed by atoms with van der Waals surface area (Å²) in [5, 5.41) is 0.730. The lowest BCUT2D eigenvalue weighted by atomic mass is 9.89. The summed E-state index contributed by atoms with van der Waals surface area (Å²) < 4.78 is 0. The minimum atomic E-state index is 0.0693. The Morgan fingerprint density at radius 2 is 1.92 bits per heavy atom. The van der Waals surface area contributed by atoms with Crippen molar-refractivity contribution in [3.63, 3.8) is 0 Å². The van der Waals surface area contributed by atoms with Gasteiger partial charge in [0, 0.05) is 11.4 Å². The van der Waals surface area contributed by atoms with E-state index in [0.29, 0.717) is 5.92 Å². The Bertz CT molecular complexity index is 738. The Morgan fingerprint density at radius 3 is 2.67 bits per heavy atom. The van der Waals surface area contributed by atoms with Crippen molar-refractivity contribution < 1.29 is 0 Å². The highest BCUT2D eigenvalue weighted by atomic mass is 35.5. The molecule has 0 amide bonds. The molecule has 3 unspecified atom stereocenters. The first kappa shape index (κ1) is 16.1. The summed E-state index contributed by atoms with van der Waals surface area (Å²) in [6.07, 6.45) is 8.41. The van der Waals surface area contributed by atoms with Gasteiger partial charge < -0.3 is 4.90 Å². The zero-order valence-corrected chi connectivity index (χ0v) is 15.8. The summed E-state index contributed by atoms with van der Waals surface area (Å²) in [5.74, 6) is 1.59. The molecule has 0 saturated carbocycles. The lowest BCUT2D eigenvalue weighted by molar-refractivity contribution is 0.318. The van der Waals surface area contributed by atoms with Gasteiger partial charge in [-0.3, -0.25) is 0 Å². The van der Waals surface area contributed by atoms with E-state index < -0.39 is 0 Å². The fourth-order valence-corrected chi connectivity index (χ4v) is 5.37. The highest BCUT2D eigenvalue weighted by Gasteiger charge is 2.46. The van der Waals surface area contributed by atoms with Crippen LogP contribution in [0.25, 0.3) is 0 Å². The predicted octanol–water partition coefficient (Wildman–Crippen LogP) is 5.40. The largest absolute Gasteiger partial charge is 0.321 e. The molecule has 0 radical (unpaired) electrons. The van der Waals surface area contributed by atoms with Crippen molar-refractivity contribution >= 4 is 22.6 Å². The maximum atomic E-state index is 6.61. The second kappa shape index (κ2) is 5.87. The van der Waals surface area contributed by atoms with Gasteiger partial charge in [-0.2, -0.15) is 0 Å². The molecule has 2 aliphatic carbocycles. The third-order valence-corrected chi connectivity index (χ3v) is 6.05. The Hall–Kier alpha value is -1.35. The van der Waals surface area contributed by atoms with Crippen LogP contribution in [0.5, 0.6) is 0 Å². The molecule has 128 valence electrons. The highest BCUT2D eigenvalue weighted by molar-refractivity contribution is 6.67. The molecule has 24 heavy (non-hydrogen) atoms. The van der Waals surface area contributed by atoms with E-state index in [9.17, 15) is 0 Å². The van der Waals surface area contributed by atoms with Gasteiger partial charge in [0.25, 0.3) is 0 Å². The summed E-state index contributed by atoms with van der Waals surface area (Å²) in [5.41, 5.74) is 7.21. The molecule has 0 aromatic carbocycles. The van der Waals surface area contributed by atoms with E-state index in [1.165, 1.54) is 41.0 Å². The van der Waals surface area contributed by atoms with Crippen LogP contribution in [0, 0.1) is 11.8 Å². The van der Waals surface area contributed by atoms with E-state index in [-0.39, 0.29) is 12.1 Å². The third kappa shape index (κ3) is 2.40. The molecule has 3 nitrogen and oxygen atoms in total.